The second-order valence-corrected chi connectivity index (χ2v) is 6.60. The monoisotopic (exact) mass is 346 g/mol. The fraction of sp³-hybridized carbons (Fsp3) is 0.190. The number of benzene rings is 2. The molecule has 0 spiro atoms. The number of pyridine rings is 2. The molecule has 26 heavy (non-hydrogen) atoms. The van der Waals surface area contributed by atoms with E-state index in [0.717, 1.165) is 51.1 Å². The Morgan fingerprint density at radius 1 is 0.769 bits per heavy atom. The molecule has 0 amide bonds. The van der Waals surface area contributed by atoms with Crippen molar-refractivity contribution in [3.63, 3.8) is 0 Å². The van der Waals surface area contributed by atoms with E-state index in [1.165, 1.54) is 11.1 Å². The number of hydrogen-bond acceptors (Lipinski definition) is 4. The fourth-order valence-electron chi connectivity index (χ4n) is 4.03. The second kappa shape index (κ2) is 4.91. The first-order chi connectivity index (χ1) is 12.8. The van der Waals surface area contributed by atoms with Crippen LogP contribution in [0.2, 0.25) is 0 Å². The summed E-state index contributed by atoms with van der Waals surface area (Å²) < 4.78 is 24.5. The summed E-state index contributed by atoms with van der Waals surface area (Å²) in [6.07, 6.45) is 3.04. The number of ether oxygens (including phenoxy) is 4. The van der Waals surface area contributed by atoms with Gasteiger partial charge in [0.15, 0.2) is 34.9 Å². The molecular formula is C21H16NO4+. The second-order valence-electron chi connectivity index (χ2n) is 6.60. The van der Waals surface area contributed by atoms with E-state index < -0.39 is 0 Å². The first kappa shape index (κ1) is 14.0. The molecule has 5 heteroatoms. The minimum absolute atomic E-state index is 0.281. The average Bonchev–Trinajstić information content (AvgIpc) is 3.30. The van der Waals surface area contributed by atoms with Crippen LogP contribution in [0.5, 0.6) is 23.0 Å². The lowest BCUT2D eigenvalue weighted by molar-refractivity contribution is -0.518. The molecule has 0 saturated heterocycles. The Bertz CT molecular complexity index is 1230. The van der Waals surface area contributed by atoms with Crippen molar-refractivity contribution < 1.29 is 23.3 Å². The van der Waals surface area contributed by atoms with Gasteiger partial charge in [-0.05, 0) is 35.0 Å². The third-order valence-corrected chi connectivity index (χ3v) is 5.26. The number of rotatable bonds is 1. The van der Waals surface area contributed by atoms with Crippen LogP contribution in [-0.4, -0.2) is 13.6 Å². The predicted molar refractivity (Wildman–Crippen MR) is 96.2 cm³/mol. The summed E-state index contributed by atoms with van der Waals surface area (Å²) in [5.74, 6) is 3.23. The zero-order chi connectivity index (χ0) is 17.3. The smallest absolute Gasteiger partial charge is 0.231 e. The Morgan fingerprint density at radius 3 is 2.08 bits per heavy atom. The van der Waals surface area contributed by atoms with Gasteiger partial charge >= 0.3 is 0 Å². The Kier molecular flexibility index (Phi) is 2.65. The van der Waals surface area contributed by atoms with Gasteiger partial charge in [-0.3, -0.25) is 0 Å². The highest BCUT2D eigenvalue weighted by Gasteiger charge is 2.23. The van der Waals surface area contributed by atoms with Crippen molar-refractivity contribution in [1.29, 1.82) is 0 Å². The maximum atomic E-state index is 5.59. The van der Waals surface area contributed by atoms with Crippen LogP contribution in [0.15, 0.2) is 42.6 Å². The molecule has 6 rings (SSSR count). The highest BCUT2D eigenvalue weighted by atomic mass is 16.7. The lowest BCUT2D eigenvalue weighted by Crippen LogP contribution is -2.27. The highest BCUT2D eigenvalue weighted by Crippen LogP contribution is 2.39. The molecule has 5 nitrogen and oxygen atoms in total. The van der Waals surface area contributed by atoms with Crippen LogP contribution in [0, 0.1) is 0 Å². The van der Waals surface area contributed by atoms with Gasteiger partial charge in [0, 0.05) is 18.6 Å². The molecule has 2 aromatic heterocycles. The Labute approximate surface area is 149 Å². The van der Waals surface area contributed by atoms with E-state index in [0.29, 0.717) is 0 Å². The van der Waals surface area contributed by atoms with Gasteiger partial charge in [0.2, 0.25) is 19.1 Å². The van der Waals surface area contributed by atoms with Crippen molar-refractivity contribution in [2.24, 2.45) is 0 Å². The highest BCUT2D eigenvalue weighted by molar-refractivity contribution is 6.00. The van der Waals surface area contributed by atoms with Crippen LogP contribution in [0.1, 0.15) is 12.6 Å². The van der Waals surface area contributed by atoms with Crippen LogP contribution in [0.25, 0.3) is 27.1 Å². The third kappa shape index (κ3) is 1.77. The Morgan fingerprint density at radius 2 is 1.38 bits per heavy atom. The van der Waals surface area contributed by atoms with E-state index in [4.69, 9.17) is 18.9 Å². The first-order valence-electron chi connectivity index (χ1n) is 8.75. The topological polar surface area (TPSA) is 41.0 Å². The molecule has 128 valence electrons. The summed E-state index contributed by atoms with van der Waals surface area (Å²) in [6.45, 7) is 2.74. The largest absolute Gasteiger partial charge is 0.454 e. The minimum Gasteiger partial charge on any atom is -0.454 e. The third-order valence-electron chi connectivity index (χ3n) is 5.26. The van der Waals surface area contributed by atoms with Crippen LogP contribution in [-0.2, 0) is 6.42 Å². The van der Waals surface area contributed by atoms with Crippen LogP contribution < -0.4 is 23.3 Å². The number of fused-ring (bicyclic) bond motifs is 6. The van der Waals surface area contributed by atoms with E-state index in [9.17, 15) is 0 Å². The predicted octanol–water partition coefficient (Wildman–Crippen LogP) is 3.75. The first-order valence-corrected chi connectivity index (χ1v) is 8.75. The summed E-state index contributed by atoms with van der Waals surface area (Å²) in [5, 5.41) is 4.62. The molecule has 2 aromatic carbocycles. The lowest BCUT2D eigenvalue weighted by Gasteiger charge is -2.07. The van der Waals surface area contributed by atoms with Crippen LogP contribution >= 0.6 is 0 Å². The Hall–Kier alpha value is -3.21. The molecule has 2 aliphatic heterocycles. The molecule has 0 aliphatic carbocycles. The van der Waals surface area contributed by atoms with Crippen molar-refractivity contribution in [3.8, 4) is 23.0 Å². The molecule has 0 fully saturated rings. The fourth-order valence-corrected chi connectivity index (χ4v) is 4.03. The number of hydrogen-bond donors (Lipinski definition) is 0. The van der Waals surface area contributed by atoms with E-state index >= 15 is 0 Å². The molecule has 0 unspecified atom stereocenters. The maximum absolute atomic E-state index is 5.59. The van der Waals surface area contributed by atoms with Crippen molar-refractivity contribution in [3.05, 3.63) is 48.3 Å². The SMILES string of the molecule is CCc1c2cc3c(cc2cc2c4cc5c(cc4cc[n+]12)OCO5)OCO3. The van der Waals surface area contributed by atoms with Crippen molar-refractivity contribution in [2.75, 3.05) is 13.6 Å². The van der Waals surface area contributed by atoms with Gasteiger partial charge in [-0.25, -0.2) is 0 Å². The van der Waals surface area contributed by atoms with E-state index in [1.54, 1.807) is 0 Å². The van der Waals surface area contributed by atoms with Crippen molar-refractivity contribution in [2.45, 2.75) is 13.3 Å². The summed E-state index contributed by atoms with van der Waals surface area (Å²) in [4.78, 5) is 0. The molecule has 0 N–H and O–H groups in total. The molecule has 4 aromatic rings. The normalized spacial score (nSPS) is 14.7. The summed E-state index contributed by atoms with van der Waals surface area (Å²) >= 11 is 0. The van der Waals surface area contributed by atoms with Gasteiger partial charge in [-0.2, -0.15) is 4.40 Å². The van der Waals surface area contributed by atoms with Crippen LogP contribution in [0.3, 0.4) is 0 Å². The standard InChI is InChI=1S/C21H16NO4/c1-2-16-15-9-21-19(24-11-26-21)7-13(15)5-17-14-8-20-18(23-10-25-20)6-12(14)3-4-22(16)17/h3-9H,2,10-11H2,1H3/q+1. The van der Waals surface area contributed by atoms with Gasteiger partial charge in [-0.1, -0.05) is 6.92 Å². The minimum atomic E-state index is 0.281. The number of aryl methyl sites for hydroxylation is 1. The van der Waals surface area contributed by atoms with E-state index in [-0.39, 0.29) is 13.6 Å². The van der Waals surface area contributed by atoms with Gasteiger partial charge in [0.1, 0.15) is 0 Å². The summed E-state index contributed by atoms with van der Waals surface area (Å²) in [7, 11) is 0. The average molecular weight is 346 g/mol. The van der Waals surface area contributed by atoms with E-state index in [2.05, 4.69) is 47.9 Å². The molecule has 2 aliphatic rings. The molecule has 0 atom stereocenters. The summed E-state index contributed by atoms with van der Waals surface area (Å²) in [6, 6.07) is 12.6. The van der Waals surface area contributed by atoms with E-state index in [1.807, 2.05) is 6.07 Å². The molecule has 4 heterocycles. The van der Waals surface area contributed by atoms with Crippen molar-refractivity contribution in [1.82, 2.24) is 0 Å². The molecule has 0 saturated carbocycles. The van der Waals surface area contributed by atoms with Gasteiger partial charge in [-0.15, -0.1) is 0 Å². The number of nitrogens with zero attached hydrogens (tertiary/aromatic N) is 1. The Balaban J connectivity index is 1.77. The van der Waals surface area contributed by atoms with Gasteiger partial charge < -0.3 is 18.9 Å². The quantitative estimate of drug-likeness (QED) is 0.299. The van der Waals surface area contributed by atoms with Crippen LogP contribution in [0.4, 0.5) is 0 Å². The molecule has 0 radical (unpaired) electrons. The number of aromatic nitrogens is 1. The zero-order valence-corrected chi connectivity index (χ0v) is 14.2. The molecule has 0 bridgehead atoms. The maximum Gasteiger partial charge on any atom is 0.231 e. The van der Waals surface area contributed by atoms with Gasteiger partial charge in [0.05, 0.1) is 10.8 Å². The lowest BCUT2D eigenvalue weighted by atomic mass is 10.0. The zero-order valence-electron chi connectivity index (χ0n) is 14.2. The summed E-state index contributed by atoms with van der Waals surface area (Å²) in [5.41, 5.74) is 2.39. The molecular weight excluding hydrogens is 330 g/mol. The van der Waals surface area contributed by atoms with Crippen molar-refractivity contribution >= 4 is 27.1 Å². The van der Waals surface area contributed by atoms with Gasteiger partial charge in [0.25, 0.3) is 0 Å².